The summed E-state index contributed by atoms with van der Waals surface area (Å²) in [5.74, 6) is 0.181. The molecule has 2 rings (SSSR count). The van der Waals surface area contributed by atoms with Crippen molar-refractivity contribution in [2.75, 3.05) is 19.0 Å². The van der Waals surface area contributed by atoms with Gasteiger partial charge in [-0.1, -0.05) is 6.07 Å². The SMILES string of the molecule is Fc1ccc(CN2CC(CCl)C2)c(F)c1. The molecule has 1 aromatic carbocycles. The Morgan fingerprint density at radius 2 is 2.07 bits per heavy atom. The summed E-state index contributed by atoms with van der Waals surface area (Å²) in [4.78, 5) is 2.10. The fraction of sp³-hybridized carbons (Fsp3) is 0.455. The van der Waals surface area contributed by atoms with Gasteiger partial charge in [0.05, 0.1) is 0 Å². The van der Waals surface area contributed by atoms with Gasteiger partial charge in [-0.3, -0.25) is 4.90 Å². The molecule has 0 atom stereocenters. The molecule has 4 heteroatoms. The molecule has 0 aromatic heterocycles. The van der Waals surface area contributed by atoms with E-state index in [9.17, 15) is 8.78 Å². The van der Waals surface area contributed by atoms with Crippen LogP contribution in [0.25, 0.3) is 0 Å². The lowest BCUT2D eigenvalue weighted by atomic mass is 10.0. The molecule has 1 aromatic rings. The van der Waals surface area contributed by atoms with Crippen molar-refractivity contribution in [3.8, 4) is 0 Å². The van der Waals surface area contributed by atoms with Crippen molar-refractivity contribution in [1.82, 2.24) is 4.90 Å². The first-order chi connectivity index (χ1) is 7.19. The van der Waals surface area contributed by atoms with Gasteiger partial charge in [0.25, 0.3) is 0 Å². The van der Waals surface area contributed by atoms with Crippen LogP contribution in [0.1, 0.15) is 5.56 Å². The first kappa shape index (κ1) is 10.8. The summed E-state index contributed by atoms with van der Waals surface area (Å²) in [6.45, 7) is 2.35. The van der Waals surface area contributed by atoms with Gasteiger partial charge in [-0.2, -0.15) is 0 Å². The summed E-state index contributed by atoms with van der Waals surface area (Å²) >= 11 is 5.67. The minimum absolute atomic E-state index is 0.468. The van der Waals surface area contributed by atoms with Crippen LogP contribution in [-0.2, 0) is 6.54 Å². The van der Waals surface area contributed by atoms with E-state index in [1.54, 1.807) is 0 Å². The van der Waals surface area contributed by atoms with Crippen LogP contribution in [0, 0.1) is 17.6 Å². The fourth-order valence-electron chi connectivity index (χ4n) is 1.79. The van der Waals surface area contributed by atoms with Crippen LogP contribution in [0.2, 0.25) is 0 Å². The Bertz CT molecular complexity index is 350. The number of hydrogen-bond donors (Lipinski definition) is 0. The molecular formula is C11H12ClF2N. The zero-order valence-corrected chi connectivity index (χ0v) is 8.97. The largest absolute Gasteiger partial charge is 0.298 e. The van der Waals surface area contributed by atoms with E-state index >= 15 is 0 Å². The van der Waals surface area contributed by atoms with Crippen LogP contribution in [-0.4, -0.2) is 23.9 Å². The van der Waals surface area contributed by atoms with E-state index in [0.717, 1.165) is 19.2 Å². The van der Waals surface area contributed by atoms with Crippen LogP contribution in [0.4, 0.5) is 8.78 Å². The molecule has 0 aliphatic carbocycles. The maximum atomic E-state index is 13.3. The maximum absolute atomic E-state index is 13.3. The highest BCUT2D eigenvalue weighted by Gasteiger charge is 2.26. The standard InChI is InChI=1S/C11H12ClF2N/c12-4-8-5-15(6-8)7-9-1-2-10(13)3-11(9)14/h1-3,8H,4-7H2. The van der Waals surface area contributed by atoms with Gasteiger partial charge in [-0.25, -0.2) is 8.78 Å². The molecule has 1 aliphatic rings. The number of hydrogen-bond acceptors (Lipinski definition) is 1. The van der Waals surface area contributed by atoms with Gasteiger partial charge >= 0.3 is 0 Å². The Labute approximate surface area is 92.6 Å². The summed E-state index contributed by atoms with van der Waals surface area (Å²) in [5.41, 5.74) is 0.546. The highest BCUT2D eigenvalue weighted by Crippen LogP contribution is 2.21. The van der Waals surface area contributed by atoms with E-state index in [-0.39, 0.29) is 0 Å². The summed E-state index contributed by atoms with van der Waals surface area (Å²) in [7, 11) is 0. The van der Waals surface area contributed by atoms with E-state index in [4.69, 9.17) is 11.6 Å². The molecule has 1 aliphatic heterocycles. The normalized spacial score (nSPS) is 17.8. The van der Waals surface area contributed by atoms with E-state index in [1.807, 2.05) is 0 Å². The molecule has 0 bridgehead atoms. The van der Waals surface area contributed by atoms with Crippen molar-refractivity contribution in [2.24, 2.45) is 5.92 Å². The number of nitrogens with zero attached hydrogens (tertiary/aromatic N) is 1. The van der Waals surface area contributed by atoms with Crippen molar-refractivity contribution in [1.29, 1.82) is 0 Å². The third-order valence-corrected chi connectivity index (χ3v) is 3.10. The fourth-order valence-corrected chi connectivity index (χ4v) is 1.99. The third-order valence-electron chi connectivity index (χ3n) is 2.66. The molecule has 0 saturated carbocycles. The minimum atomic E-state index is -0.529. The van der Waals surface area contributed by atoms with E-state index in [2.05, 4.69) is 4.90 Å². The van der Waals surface area contributed by atoms with Gasteiger partial charge in [-0.05, 0) is 12.0 Å². The Morgan fingerprint density at radius 3 is 2.67 bits per heavy atom. The summed E-state index contributed by atoms with van der Waals surface area (Å²) < 4.78 is 25.9. The van der Waals surface area contributed by atoms with Crippen LogP contribution in [0.5, 0.6) is 0 Å². The zero-order chi connectivity index (χ0) is 10.8. The second kappa shape index (κ2) is 4.45. The third kappa shape index (κ3) is 2.47. The molecule has 0 unspecified atom stereocenters. The molecule has 82 valence electrons. The smallest absolute Gasteiger partial charge is 0.130 e. The number of likely N-dealkylation sites (tertiary alicyclic amines) is 1. The summed E-state index contributed by atoms with van der Waals surface area (Å²) in [5, 5.41) is 0. The molecule has 1 nitrogen and oxygen atoms in total. The highest BCUT2D eigenvalue weighted by atomic mass is 35.5. The van der Waals surface area contributed by atoms with Crippen LogP contribution < -0.4 is 0 Å². The molecular weight excluding hydrogens is 220 g/mol. The Balaban J connectivity index is 1.94. The second-order valence-corrected chi connectivity index (χ2v) is 4.26. The van der Waals surface area contributed by atoms with Gasteiger partial charge in [0.2, 0.25) is 0 Å². The van der Waals surface area contributed by atoms with Crippen LogP contribution in [0.3, 0.4) is 0 Å². The van der Waals surface area contributed by atoms with Crippen molar-refractivity contribution in [3.05, 3.63) is 35.4 Å². The Kier molecular flexibility index (Phi) is 3.22. The molecule has 0 amide bonds. The first-order valence-electron chi connectivity index (χ1n) is 4.91. The van der Waals surface area contributed by atoms with Crippen molar-refractivity contribution in [2.45, 2.75) is 6.54 Å². The number of halogens is 3. The average molecular weight is 232 g/mol. The van der Waals surface area contributed by atoms with Gasteiger partial charge in [-0.15, -0.1) is 11.6 Å². The van der Waals surface area contributed by atoms with E-state index < -0.39 is 11.6 Å². The molecule has 0 spiro atoms. The lowest BCUT2D eigenvalue weighted by Crippen LogP contribution is -2.46. The lowest BCUT2D eigenvalue weighted by molar-refractivity contribution is 0.105. The van der Waals surface area contributed by atoms with Gasteiger partial charge in [0.1, 0.15) is 11.6 Å². The van der Waals surface area contributed by atoms with Crippen molar-refractivity contribution >= 4 is 11.6 Å². The monoisotopic (exact) mass is 231 g/mol. The Morgan fingerprint density at radius 1 is 1.33 bits per heavy atom. The number of benzene rings is 1. The van der Waals surface area contributed by atoms with Crippen LogP contribution >= 0.6 is 11.6 Å². The van der Waals surface area contributed by atoms with E-state index in [1.165, 1.54) is 12.1 Å². The molecule has 1 fully saturated rings. The summed E-state index contributed by atoms with van der Waals surface area (Å²) in [6, 6.07) is 3.71. The predicted octanol–water partition coefficient (Wildman–Crippen LogP) is 2.64. The average Bonchev–Trinajstić information content (AvgIpc) is 2.13. The van der Waals surface area contributed by atoms with Gasteiger partial charge in [0, 0.05) is 37.1 Å². The number of alkyl halides is 1. The minimum Gasteiger partial charge on any atom is -0.298 e. The lowest BCUT2D eigenvalue weighted by Gasteiger charge is -2.38. The van der Waals surface area contributed by atoms with Crippen molar-refractivity contribution < 1.29 is 8.78 Å². The number of rotatable bonds is 3. The zero-order valence-electron chi connectivity index (χ0n) is 8.22. The highest BCUT2D eigenvalue weighted by molar-refractivity contribution is 6.18. The Hall–Kier alpha value is -0.670. The second-order valence-electron chi connectivity index (χ2n) is 3.95. The first-order valence-corrected chi connectivity index (χ1v) is 5.44. The van der Waals surface area contributed by atoms with Crippen molar-refractivity contribution in [3.63, 3.8) is 0 Å². The summed E-state index contributed by atoms with van der Waals surface area (Å²) in [6.07, 6.45) is 0. The van der Waals surface area contributed by atoms with Crippen LogP contribution in [0.15, 0.2) is 18.2 Å². The molecule has 15 heavy (non-hydrogen) atoms. The van der Waals surface area contributed by atoms with Gasteiger partial charge in [0.15, 0.2) is 0 Å². The molecule has 0 radical (unpaired) electrons. The molecule has 0 N–H and O–H groups in total. The predicted molar refractivity (Wildman–Crippen MR) is 55.8 cm³/mol. The maximum Gasteiger partial charge on any atom is 0.130 e. The topological polar surface area (TPSA) is 3.24 Å². The molecule has 1 saturated heterocycles. The van der Waals surface area contributed by atoms with Gasteiger partial charge < -0.3 is 0 Å². The van der Waals surface area contributed by atoms with E-state index in [0.29, 0.717) is 23.9 Å². The quantitative estimate of drug-likeness (QED) is 0.723. The molecule has 1 heterocycles.